The zero-order valence-corrected chi connectivity index (χ0v) is 16.2. The first-order chi connectivity index (χ1) is 12.2. The third kappa shape index (κ3) is 6.01. The number of carbonyl (C=O) groups is 2. The molecule has 0 aromatic carbocycles. The number of rotatable bonds is 6. The first kappa shape index (κ1) is 20.7. The van der Waals surface area contributed by atoms with E-state index in [9.17, 15) is 19.8 Å². The average molecular weight is 367 g/mol. The lowest BCUT2D eigenvalue weighted by Crippen LogP contribution is -2.48. The predicted octanol–water partition coefficient (Wildman–Crippen LogP) is 3.58. The maximum atomic E-state index is 12.5. The minimum absolute atomic E-state index is 0.0694. The van der Waals surface area contributed by atoms with Gasteiger partial charge in [0.25, 0.3) is 0 Å². The van der Waals surface area contributed by atoms with Crippen molar-refractivity contribution < 1.29 is 24.5 Å². The van der Waals surface area contributed by atoms with Gasteiger partial charge in [0.05, 0.1) is 18.6 Å². The highest BCUT2D eigenvalue weighted by molar-refractivity contribution is 5.69. The van der Waals surface area contributed by atoms with Gasteiger partial charge in [-0.25, -0.2) is 4.79 Å². The number of carboxylic acid groups (broad SMARTS) is 1. The molecule has 6 nitrogen and oxygen atoms in total. The molecule has 0 aromatic heterocycles. The summed E-state index contributed by atoms with van der Waals surface area (Å²) in [5.74, 6) is -0.852. The molecule has 1 saturated heterocycles. The van der Waals surface area contributed by atoms with E-state index in [-0.39, 0.29) is 18.4 Å². The third-order valence-corrected chi connectivity index (χ3v) is 5.26. The minimum atomic E-state index is -0.901. The normalized spacial score (nSPS) is 25.8. The summed E-state index contributed by atoms with van der Waals surface area (Å²) in [6.07, 6.45) is 8.09. The predicted molar refractivity (Wildman–Crippen MR) is 98.8 cm³/mol. The van der Waals surface area contributed by atoms with E-state index in [0.29, 0.717) is 25.3 Å². The molecular formula is C20H33NO5. The molecule has 26 heavy (non-hydrogen) atoms. The number of hydrogen-bond donors (Lipinski definition) is 2. The van der Waals surface area contributed by atoms with Crippen molar-refractivity contribution >= 4 is 12.1 Å². The third-order valence-electron chi connectivity index (χ3n) is 5.26. The van der Waals surface area contributed by atoms with Crippen molar-refractivity contribution in [3.05, 3.63) is 12.2 Å². The molecule has 2 rings (SSSR count). The number of carbonyl (C=O) groups excluding carboxylic acids is 1. The summed E-state index contributed by atoms with van der Waals surface area (Å²) >= 11 is 0. The van der Waals surface area contributed by atoms with Gasteiger partial charge >= 0.3 is 12.1 Å². The Hall–Kier alpha value is -1.56. The fraction of sp³-hybridized carbons (Fsp3) is 0.800. The van der Waals surface area contributed by atoms with Gasteiger partial charge in [0.1, 0.15) is 5.60 Å². The molecule has 2 N–H and O–H groups in total. The molecule has 6 heteroatoms. The Labute approximate surface area is 156 Å². The number of amides is 1. The van der Waals surface area contributed by atoms with Crippen LogP contribution in [0.4, 0.5) is 4.79 Å². The largest absolute Gasteiger partial charge is 0.481 e. The highest BCUT2D eigenvalue weighted by Gasteiger charge is 2.40. The summed E-state index contributed by atoms with van der Waals surface area (Å²) in [4.78, 5) is 25.4. The van der Waals surface area contributed by atoms with E-state index < -0.39 is 23.8 Å². The second-order valence-corrected chi connectivity index (χ2v) is 8.62. The quantitative estimate of drug-likeness (QED) is 0.701. The second kappa shape index (κ2) is 8.89. The molecule has 0 bridgehead atoms. The Morgan fingerprint density at radius 2 is 2.00 bits per heavy atom. The number of ether oxygens (including phenoxy) is 1. The Bertz CT molecular complexity index is 525. The van der Waals surface area contributed by atoms with E-state index in [1.54, 1.807) is 4.90 Å². The van der Waals surface area contributed by atoms with Crippen LogP contribution in [0, 0.1) is 11.8 Å². The van der Waals surface area contributed by atoms with Crippen LogP contribution in [0.25, 0.3) is 0 Å². The van der Waals surface area contributed by atoms with Crippen molar-refractivity contribution in [2.75, 3.05) is 6.54 Å². The van der Waals surface area contributed by atoms with Gasteiger partial charge in [-0.05, 0) is 71.1 Å². The van der Waals surface area contributed by atoms with Crippen LogP contribution in [-0.2, 0) is 9.53 Å². The van der Waals surface area contributed by atoms with Crippen LogP contribution in [0.15, 0.2) is 12.2 Å². The monoisotopic (exact) mass is 367 g/mol. The van der Waals surface area contributed by atoms with Gasteiger partial charge in [0.2, 0.25) is 0 Å². The number of likely N-dealkylation sites (tertiary alicyclic amines) is 1. The van der Waals surface area contributed by atoms with Crippen LogP contribution in [0.3, 0.4) is 0 Å². The molecule has 1 fully saturated rings. The number of aliphatic hydroxyl groups excluding tert-OH is 1. The van der Waals surface area contributed by atoms with E-state index in [1.807, 2.05) is 20.8 Å². The van der Waals surface area contributed by atoms with Gasteiger partial charge in [-0.15, -0.1) is 0 Å². The van der Waals surface area contributed by atoms with Gasteiger partial charge in [-0.2, -0.15) is 0 Å². The lowest BCUT2D eigenvalue weighted by atomic mass is 9.80. The first-order valence-electron chi connectivity index (χ1n) is 9.72. The molecule has 1 aliphatic carbocycles. The smallest absolute Gasteiger partial charge is 0.410 e. The maximum Gasteiger partial charge on any atom is 0.410 e. The average Bonchev–Trinajstić information content (AvgIpc) is 3.02. The van der Waals surface area contributed by atoms with E-state index >= 15 is 0 Å². The van der Waals surface area contributed by atoms with Crippen molar-refractivity contribution in [3.63, 3.8) is 0 Å². The molecule has 0 spiro atoms. The zero-order valence-electron chi connectivity index (χ0n) is 16.2. The molecule has 2 aliphatic rings. The van der Waals surface area contributed by atoms with Crippen molar-refractivity contribution in [2.45, 2.75) is 83.5 Å². The summed E-state index contributed by atoms with van der Waals surface area (Å²) in [6.45, 7) is 5.99. The molecule has 1 aliphatic heterocycles. The number of allylic oxidation sites excluding steroid dienone is 2. The number of aliphatic hydroxyl groups is 1. The molecular weight excluding hydrogens is 334 g/mol. The van der Waals surface area contributed by atoms with E-state index in [4.69, 9.17) is 4.74 Å². The summed E-state index contributed by atoms with van der Waals surface area (Å²) in [5.41, 5.74) is -0.593. The fourth-order valence-corrected chi connectivity index (χ4v) is 4.08. The Balaban J connectivity index is 2.06. The van der Waals surface area contributed by atoms with E-state index in [1.165, 1.54) is 0 Å². The topological polar surface area (TPSA) is 87.1 Å². The number of aliphatic carboxylic acids is 1. The zero-order chi connectivity index (χ0) is 19.3. The second-order valence-electron chi connectivity index (χ2n) is 8.62. The highest BCUT2D eigenvalue weighted by Crippen LogP contribution is 2.33. The first-order valence-corrected chi connectivity index (χ1v) is 9.72. The molecule has 0 radical (unpaired) electrons. The summed E-state index contributed by atoms with van der Waals surface area (Å²) in [7, 11) is 0. The SMILES string of the molecule is CC(C)(C)OC(=O)N1CCCC1C(O)C(CC(=O)O)CC1CC=CCC1. The molecule has 0 aromatic rings. The van der Waals surface area contributed by atoms with Crippen LogP contribution in [0.1, 0.15) is 65.7 Å². The van der Waals surface area contributed by atoms with Gasteiger partial charge in [0.15, 0.2) is 0 Å². The lowest BCUT2D eigenvalue weighted by Gasteiger charge is -2.35. The Morgan fingerprint density at radius 3 is 2.58 bits per heavy atom. The fourth-order valence-electron chi connectivity index (χ4n) is 4.08. The number of nitrogens with zero attached hydrogens (tertiary/aromatic N) is 1. The maximum absolute atomic E-state index is 12.5. The summed E-state index contributed by atoms with van der Waals surface area (Å²) < 4.78 is 5.46. The van der Waals surface area contributed by atoms with E-state index in [0.717, 1.165) is 25.7 Å². The molecule has 4 unspecified atom stereocenters. The van der Waals surface area contributed by atoms with Crippen LogP contribution < -0.4 is 0 Å². The highest BCUT2D eigenvalue weighted by atomic mass is 16.6. The molecule has 1 amide bonds. The van der Waals surface area contributed by atoms with E-state index in [2.05, 4.69) is 12.2 Å². The Kier molecular flexibility index (Phi) is 7.09. The van der Waals surface area contributed by atoms with Crippen molar-refractivity contribution in [3.8, 4) is 0 Å². The number of hydrogen-bond acceptors (Lipinski definition) is 4. The summed E-state index contributed by atoms with van der Waals surface area (Å²) in [6, 6.07) is -0.367. The lowest BCUT2D eigenvalue weighted by molar-refractivity contribution is -0.139. The van der Waals surface area contributed by atoms with Crippen molar-refractivity contribution in [1.82, 2.24) is 4.90 Å². The van der Waals surface area contributed by atoms with Gasteiger partial charge in [0, 0.05) is 6.54 Å². The van der Waals surface area contributed by atoms with Crippen molar-refractivity contribution in [2.24, 2.45) is 11.8 Å². The standard InChI is InChI=1S/C20H33NO5/c1-20(2,3)26-19(25)21-11-7-10-16(21)18(24)15(13-17(22)23)12-14-8-5-4-6-9-14/h4-5,14-16,18,24H,6-13H2,1-3H3,(H,22,23). The van der Waals surface area contributed by atoms with Crippen molar-refractivity contribution in [1.29, 1.82) is 0 Å². The van der Waals surface area contributed by atoms with Crippen LogP contribution in [0.2, 0.25) is 0 Å². The van der Waals surface area contributed by atoms with Gasteiger partial charge < -0.3 is 19.8 Å². The molecule has 148 valence electrons. The number of carboxylic acids is 1. The van der Waals surface area contributed by atoms with Gasteiger partial charge in [-0.3, -0.25) is 4.79 Å². The summed E-state index contributed by atoms with van der Waals surface area (Å²) in [5, 5.41) is 20.3. The van der Waals surface area contributed by atoms with Gasteiger partial charge in [-0.1, -0.05) is 12.2 Å². The van der Waals surface area contributed by atoms with Crippen LogP contribution >= 0.6 is 0 Å². The van der Waals surface area contributed by atoms with Crippen LogP contribution in [0.5, 0.6) is 0 Å². The Morgan fingerprint density at radius 1 is 1.27 bits per heavy atom. The minimum Gasteiger partial charge on any atom is -0.481 e. The molecule has 1 heterocycles. The molecule has 4 atom stereocenters. The molecule has 0 saturated carbocycles. The van der Waals surface area contributed by atoms with Crippen LogP contribution in [-0.4, -0.2) is 51.5 Å².